The highest BCUT2D eigenvalue weighted by atomic mass is 16.6. The van der Waals surface area contributed by atoms with Crippen LogP contribution in [0.2, 0.25) is 0 Å². The predicted octanol–water partition coefficient (Wildman–Crippen LogP) is 1.78. The molecule has 0 unspecified atom stereocenters. The zero-order valence-corrected chi connectivity index (χ0v) is 11.7. The van der Waals surface area contributed by atoms with E-state index in [0.29, 0.717) is 6.54 Å². The Hall–Kier alpha value is -0.870. The number of nitrogens with two attached hydrogens (primary N) is 1. The molecule has 0 aromatic carbocycles. The highest BCUT2D eigenvalue weighted by molar-refractivity contribution is 5.75. The Balaban J connectivity index is 1.85. The van der Waals surface area contributed by atoms with Crippen LogP contribution >= 0.6 is 0 Å². The number of rotatable bonds is 1. The van der Waals surface area contributed by atoms with Crippen LogP contribution in [0.5, 0.6) is 0 Å². The molecule has 0 spiro atoms. The molecule has 4 heteroatoms. The minimum Gasteiger partial charge on any atom is -0.459 e. The van der Waals surface area contributed by atoms with Crippen LogP contribution in [0.3, 0.4) is 0 Å². The topological polar surface area (TPSA) is 64.8 Å². The molecule has 2 N–H and O–H groups in total. The van der Waals surface area contributed by atoms with Crippen molar-refractivity contribution in [1.82, 2.24) is 0 Å². The number of epoxide rings is 1. The molecule has 0 saturated carbocycles. The van der Waals surface area contributed by atoms with Gasteiger partial charge in [0, 0.05) is 12.5 Å². The normalized spacial score (nSPS) is 48.6. The van der Waals surface area contributed by atoms with E-state index in [-0.39, 0.29) is 35.6 Å². The van der Waals surface area contributed by atoms with Crippen LogP contribution in [0, 0.1) is 11.8 Å². The summed E-state index contributed by atoms with van der Waals surface area (Å²) in [5, 5.41) is 0. The molecule has 1 aliphatic carbocycles. The van der Waals surface area contributed by atoms with Crippen molar-refractivity contribution in [3.8, 4) is 0 Å². The van der Waals surface area contributed by atoms with Crippen LogP contribution in [-0.4, -0.2) is 30.3 Å². The van der Waals surface area contributed by atoms with Crippen molar-refractivity contribution in [3.05, 3.63) is 11.6 Å². The number of allylic oxidation sites excluding steroid dienone is 2. The Labute approximate surface area is 114 Å². The minimum absolute atomic E-state index is 0.0739. The highest BCUT2D eigenvalue weighted by Gasteiger charge is 2.62. The molecule has 106 valence electrons. The molecule has 2 fully saturated rings. The average Bonchev–Trinajstić information content (AvgIpc) is 2.92. The summed E-state index contributed by atoms with van der Waals surface area (Å²) >= 11 is 0. The van der Waals surface area contributed by atoms with E-state index in [4.69, 9.17) is 15.2 Å². The summed E-state index contributed by atoms with van der Waals surface area (Å²) in [7, 11) is 0. The van der Waals surface area contributed by atoms with Crippen molar-refractivity contribution in [2.24, 2.45) is 17.6 Å². The fourth-order valence-corrected chi connectivity index (χ4v) is 3.61. The Morgan fingerprint density at radius 2 is 2.32 bits per heavy atom. The van der Waals surface area contributed by atoms with Gasteiger partial charge in [0.15, 0.2) is 0 Å². The highest BCUT2D eigenvalue weighted by Crippen LogP contribution is 2.49. The Morgan fingerprint density at radius 3 is 3.05 bits per heavy atom. The molecule has 3 rings (SSSR count). The lowest BCUT2D eigenvalue weighted by Crippen LogP contribution is -2.32. The van der Waals surface area contributed by atoms with Crippen LogP contribution in [-0.2, 0) is 14.3 Å². The molecule has 0 radical (unpaired) electrons. The maximum Gasteiger partial charge on any atom is 0.311 e. The zero-order chi connectivity index (χ0) is 13.6. The van der Waals surface area contributed by atoms with E-state index >= 15 is 0 Å². The Morgan fingerprint density at radius 1 is 1.53 bits per heavy atom. The van der Waals surface area contributed by atoms with Crippen molar-refractivity contribution >= 4 is 5.97 Å². The molecule has 3 aliphatic rings. The van der Waals surface area contributed by atoms with Crippen LogP contribution in [0.15, 0.2) is 11.6 Å². The maximum absolute atomic E-state index is 11.9. The number of carbonyl (C=O) groups is 1. The zero-order valence-electron chi connectivity index (χ0n) is 11.7. The summed E-state index contributed by atoms with van der Waals surface area (Å²) in [5.74, 6) is -0.0623. The summed E-state index contributed by atoms with van der Waals surface area (Å²) < 4.78 is 11.5. The first-order valence-electron chi connectivity index (χ1n) is 7.29. The number of fused-ring (bicyclic) bond motifs is 3. The number of carbonyl (C=O) groups excluding carboxylic acids is 1. The average molecular weight is 265 g/mol. The van der Waals surface area contributed by atoms with Crippen LogP contribution < -0.4 is 5.73 Å². The maximum atomic E-state index is 11.9. The Kier molecular flexibility index (Phi) is 3.18. The number of hydrogen-bond acceptors (Lipinski definition) is 4. The third kappa shape index (κ3) is 2.21. The molecule has 0 amide bonds. The third-order valence-corrected chi connectivity index (χ3v) is 4.99. The molecular weight excluding hydrogens is 242 g/mol. The molecule has 2 aliphatic heterocycles. The second-order valence-corrected chi connectivity index (χ2v) is 6.39. The third-order valence-electron chi connectivity index (χ3n) is 4.99. The van der Waals surface area contributed by atoms with Gasteiger partial charge in [0.2, 0.25) is 0 Å². The second-order valence-electron chi connectivity index (χ2n) is 6.39. The van der Waals surface area contributed by atoms with Gasteiger partial charge in [0.05, 0.1) is 11.5 Å². The van der Waals surface area contributed by atoms with Crippen molar-refractivity contribution in [2.75, 3.05) is 6.54 Å². The fourth-order valence-electron chi connectivity index (χ4n) is 3.61. The summed E-state index contributed by atoms with van der Waals surface area (Å²) in [6.45, 7) is 4.68. The van der Waals surface area contributed by atoms with E-state index in [9.17, 15) is 4.79 Å². The summed E-state index contributed by atoms with van der Waals surface area (Å²) in [6, 6.07) is 0. The summed E-state index contributed by atoms with van der Waals surface area (Å²) in [4.78, 5) is 11.9. The predicted molar refractivity (Wildman–Crippen MR) is 71.4 cm³/mol. The van der Waals surface area contributed by atoms with Gasteiger partial charge in [-0.05, 0) is 39.5 Å². The van der Waals surface area contributed by atoms with Gasteiger partial charge in [-0.2, -0.15) is 0 Å². The van der Waals surface area contributed by atoms with E-state index in [1.807, 2.05) is 0 Å². The Bertz CT molecular complexity index is 420. The van der Waals surface area contributed by atoms with E-state index in [0.717, 1.165) is 25.7 Å². The lowest BCUT2D eigenvalue weighted by Gasteiger charge is -2.21. The molecule has 4 nitrogen and oxygen atoms in total. The fraction of sp³-hybridized carbons (Fsp3) is 0.800. The number of esters is 1. The monoisotopic (exact) mass is 265 g/mol. The van der Waals surface area contributed by atoms with E-state index in [1.54, 1.807) is 0 Å². The van der Waals surface area contributed by atoms with Gasteiger partial charge < -0.3 is 15.2 Å². The molecule has 0 aromatic rings. The van der Waals surface area contributed by atoms with E-state index < -0.39 is 0 Å². The number of hydrogen-bond donors (Lipinski definition) is 1. The van der Waals surface area contributed by atoms with Crippen molar-refractivity contribution in [1.29, 1.82) is 0 Å². The van der Waals surface area contributed by atoms with Crippen LogP contribution in [0.25, 0.3) is 0 Å². The standard InChI is InChI=1S/C15H23NO3/c1-9-4-3-7-15(2)13(19-15)12-10(6-5-9)11(8-16)14(17)18-12/h4,10-13H,3,5-8,16H2,1-2H3/b9-4+/t10-,11-,12-,13-,15+/m0/s1. The lowest BCUT2D eigenvalue weighted by molar-refractivity contribution is -0.144. The second kappa shape index (κ2) is 4.60. The van der Waals surface area contributed by atoms with Gasteiger partial charge in [0.1, 0.15) is 12.2 Å². The van der Waals surface area contributed by atoms with E-state index in [2.05, 4.69) is 19.9 Å². The first-order valence-corrected chi connectivity index (χ1v) is 7.29. The molecule has 0 bridgehead atoms. The number of ether oxygens (including phenoxy) is 2. The summed E-state index contributed by atoms with van der Waals surface area (Å²) in [5.41, 5.74) is 7.05. The molecule has 2 saturated heterocycles. The first-order chi connectivity index (χ1) is 9.05. The lowest BCUT2D eigenvalue weighted by atomic mass is 9.81. The van der Waals surface area contributed by atoms with Gasteiger partial charge in [-0.3, -0.25) is 4.79 Å². The van der Waals surface area contributed by atoms with Crippen molar-refractivity contribution in [2.45, 2.75) is 57.3 Å². The molecule has 0 aromatic heterocycles. The largest absolute Gasteiger partial charge is 0.459 e. The van der Waals surface area contributed by atoms with Gasteiger partial charge in [-0.1, -0.05) is 11.6 Å². The minimum atomic E-state index is -0.148. The van der Waals surface area contributed by atoms with Gasteiger partial charge in [0.25, 0.3) is 0 Å². The van der Waals surface area contributed by atoms with Crippen molar-refractivity contribution < 1.29 is 14.3 Å². The van der Waals surface area contributed by atoms with Gasteiger partial charge >= 0.3 is 5.97 Å². The van der Waals surface area contributed by atoms with E-state index in [1.165, 1.54) is 5.57 Å². The molecular formula is C15H23NO3. The SMILES string of the molecule is C/C1=C\CC[C@@]2(C)O[C@H]2[C@H]2OC(=O)[C@@H](CN)[C@@H]2CC1. The van der Waals surface area contributed by atoms with Gasteiger partial charge in [-0.25, -0.2) is 0 Å². The molecule has 2 heterocycles. The first kappa shape index (κ1) is 13.1. The van der Waals surface area contributed by atoms with Crippen molar-refractivity contribution in [3.63, 3.8) is 0 Å². The van der Waals surface area contributed by atoms with Crippen LogP contribution in [0.1, 0.15) is 39.5 Å². The molecule has 19 heavy (non-hydrogen) atoms. The molecule has 5 atom stereocenters. The smallest absolute Gasteiger partial charge is 0.311 e. The van der Waals surface area contributed by atoms with Gasteiger partial charge in [-0.15, -0.1) is 0 Å². The quantitative estimate of drug-likeness (QED) is 0.446. The summed E-state index contributed by atoms with van der Waals surface area (Å²) in [6.07, 6.45) is 6.34. The van der Waals surface area contributed by atoms with Crippen LogP contribution in [0.4, 0.5) is 0 Å².